The molecule has 5 nitrogen and oxygen atoms in total. The lowest BCUT2D eigenvalue weighted by Crippen LogP contribution is -2.34. The Morgan fingerprint density at radius 1 is 1.08 bits per heavy atom. The zero-order valence-electron chi connectivity index (χ0n) is 13.5. The summed E-state index contributed by atoms with van der Waals surface area (Å²) in [5.74, 6) is 1.26. The Bertz CT molecular complexity index is 781. The number of methoxy groups -OCH3 is 1. The highest BCUT2D eigenvalue weighted by atomic mass is 16.7. The van der Waals surface area contributed by atoms with Crippen molar-refractivity contribution in [3.05, 3.63) is 48.0 Å². The normalized spacial score (nSPS) is 17.0. The van der Waals surface area contributed by atoms with Gasteiger partial charge in [-0.1, -0.05) is 12.1 Å². The number of carbonyl (C=O) groups excluding carboxylic acids is 1. The highest BCUT2D eigenvalue weighted by Gasteiger charge is 2.44. The summed E-state index contributed by atoms with van der Waals surface area (Å²) in [6.07, 6.45) is 4.05. The van der Waals surface area contributed by atoms with Crippen molar-refractivity contribution in [3.8, 4) is 17.2 Å². The van der Waals surface area contributed by atoms with E-state index >= 15 is 0 Å². The number of anilines is 1. The van der Waals surface area contributed by atoms with E-state index in [0.717, 1.165) is 31.4 Å². The van der Waals surface area contributed by atoms with Crippen molar-refractivity contribution >= 4 is 11.6 Å². The lowest BCUT2D eigenvalue weighted by atomic mass is 10.2. The van der Waals surface area contributed by atoms with Crippen molar-refractivity contribution in [2.75, 3.05) is 12.4 Å². The number of para-hydroxylation sites is 1. The summed E-state index contributed by atoms with van der Waals surface area (Å²) in [5.41, 5.74) is 1.16. The van der Waals surface area contributed by atoms with E-state index in [1.165, 1.54) is 0 Å². The molecule has 0 bridgehead atoms. The maximum atomic E-state index is 12.5. The second kappa shape index (κ2) is 5.74. The molecular weight excluding hydrogens is 306 g/mol. The first-order valence-electron chi connectivity index (χ1n) is 8.16. The van der Waals surface area contributed by atoms with E-state index < -0.39 is 5.79 Å². The van der Waals surface area contributed by atoms with Crippen LogP contribution in [0.15, 0.2) is 42.5 Å². The molecule has 1 spiro atoms. The van der Waals surface area contributed by atoms with Gasteiger partial charge in [-0.2, -0.15) is 0 Å². The van der Waals surface area contributed by atoms with Crippen LogP contribution in [-0.2, 0) is 0 Å². The van der Waals surface area contributed by atoms with Gasteiger partial charge in [-0.3, -0.25) is 4.79 Å². The summed E-state index contributed by atoms with van der Waals surface area (Å²) >= 11 is 0. The molecule has 0 radical (unpaired) electrons. The first-order valence-corrected chi connectivity index (χ1v) is 8.16. The summed E-state index contributed by atoms with van der Waals surface area (Å²) in [6, 6.07) is 12.6. The van der Waals surface area contributed by atoms with Crippen LogP contribution in [0, 0.1) is 0 Å². The molecule has 1 heterocycles. The third-order valence-electron chi connectivity index (χ3n) is 4.51. The van der Waals surface area contributed by atoms with Gasteiger partial charge in [0.2, 0.25) is 0 Å². The van der Waals surface area contributed by atoms with E-state index in [9.17, 15) is 4.79 Å². The molecule has 5 heteroatoms. The molecule has 0 saturated heterocycles. The van der Waals surface area contributed by atoms with Gasteiger partial charge in [0.15, 0.2) is 11.5 Å². The van der Waals surface area contributed by atoms with E-state index in [0.29, 0.717) is 22.7 Å². The first kappa shape index (κ1) is 14.9. The van der Waals surface area contributed by atoms with Gasteiger partial charge < -0.3 is 19.5 Å². The Kier molecular flexibility index (Phi) is 3.56. The van der Waals surface area contributed by atoms with Crippen molar-refractivity contribution in [2.24, 2.45) is 0 Å². The smallest absolute Gasteiger partial charge is 0.259 e. The second-order valence-electron chi connectivity index (χ2n) is 6.14. The average molecular weight is 325 g/mol. The maximum Gasteiger partial charge on any atom is 0.259 e. The number of benzene rings is 2. The van der Waals surface area contributed by atoms with Crippen LogP contribution in [0.25, 0.3) is 0 Å². The van der Waals surface area contributed by atoms with Gasteiger partial charge in [-0.25, -0.2) is 0 Å². The second-order valence-corrected chi connectivity index (χ2v) is 6.14. The van der Waals surface area contributed by atoms with Crippen molar-refractivity contribution in [2.45, 2.75) is 31.5 Å². The molecule has 1 aliphatic heterocycles. The van der Waals surface area contributed by atoms with Crippen LogP contribution in [-0.4, -0.2) is 18.8 Å². The molecule has 1 amide bonds. The van der Waals surface area contributed by atoms with Crippen LogP contribution in [0.4, 0.5) is 5.69 Å². The average Bonchev–Trinajstić information content (AvgIpc) is 3.20. The third-order valence-corrected chi connectivity index (χ3v) is 4.51. The number of amides is 1. The number of ether oxygens (including phenoxy) is 3. The quantitative estimate of drug-likeness (QED) is 0.927. The highest BCUT2D eigenvalue weighted by molar-refractivity contribution is 6.06. The Hall–Kier alpha value is -2.69. The molecule has 1 saturated carbocycles. The van der Waals surface area contributed by atoms with E-state index in [1.807, 2.05) is 24.3 Å². The monoisotopic (exact) mass is 325 g/mol. The molecule has 1 N–H and O–H groups in total. The lowest BCUT2D eigenvalue weighted by Gasteiger charge is -2.21. The number of hydrogen-bond acceptors (Lipinski definition) is 4. The number of carbonyl (C=O) groups is 1. The molecule has 4 rings (SSSR count). The Morgan fingerprint density at radius 3 is 2.62 bits per heavy atom. The number of rotatable bonds is 3. The zero-order chi connectivity index (χ0) is 16.6. The van der Waals surface area contributed by atoms with Crippen LogP contribution >= 0.6 is 0 Å². The molecule has 1 fully saturated rings. The number of fused-ring (bicyclic) bond motifs is 1. The Morgan fingerprint density at radius 2 is 1.83 bits per heavy atom. The van der Waals surface area contributed by atoms with Gasteiger partial charge in [-0.05, 0) is 37.1 Å². The van der Waals surface area contributed by atoms with Crippen LogP contribution in [0.5, 0.6) is 17.2 Å². The van der Waals surface area contributed by atoms with Crippen molar-refractivity contribution in [1.82, 2.24) is 0 Å². The minimum atomic E-state index is -0.492. The van der Waals surface area contributed by atoms with Crippen molar-refractivity contribution in [3.63, 3.8) is 0 Å². The first-order chi connectivity index (χ1) is 11.7. The van der Waals surface area contributed by atoms with Crippen molar-refractivity contribution in [1.29, 1.82) is 0 Å². The summed E-state index contributed by atoms with van der Waals surface area (Å²) in [6.45, 7) is 0. The topological polar surface area (TPSA) is 56.8 Å². The molecule has 0 atom stereocenters. The van der Waals surface area contributed by atoms with E-state index in [4.69, 9.17) is 14.2 Å². The molecule has 1 aliphatic carbocycles. The fraction of sp³-hybridized carbons (Fsp3) is 0.316. The Labute approximate surface area is 140 Å². The van der Waals surface area contributed by atoms with Gasteiger partial charge in [-0.15, -0.1) is 0 Å². The molecular formula is C19H19NO4. The standard InChI is InChI=1S/C19H19NO4/c1-22-15-7-3-2-6-14(15)18(21)20-13-8-9-16-17(12-13)24-19(23-16)10-4-5-11-19/h2-3,6-9,12H,4-5,10-11H2,1H3,(H,20,21). The molecule has 0 unspecified atom stereocenters. The van der Waals surface area contributed by atoms with Crippen LogP contribution < -0.4 is 19.5 Å². The molecule has 124 valence electrons. The minimum absolute atomic E-state index is 0.220. The molecule has 0 aromatic heterocycles. The SMILES string of the molecule is COc1ccccc1C(=O)Nc1ccc2c(c1)OC1(CCCC1)O2. The van der Waals surface area contributed by atoms with Crippen LogP contribution in [0.1, 0.15) is 36.0 Å². The van der Waals surface area contributed by atoms with Crippen LogP contribution in [0.2, 0.25) is 0 Å². The fourth-order valence-electron chi connectivity index (χ4n) is 3.32. The molecule has 2 aromatic carbocycles. The summed E-state index contributed by atoms with van der Waals surface area (Å²) in [7, 11) is 1.55. The van der Waals surface area contributed by atoms with Crippen molar-refractivity contribution < 1.29 is 19.0 Å². The maximum absolute atomic E-state index is 12.5. The predicted molar refractivity (Wildman–Crippen MR) is 89.8 cm³/mol. The summed E-state index contributed by atoms with van der Waals surface area (Å²) in [5, 5.41) is 2.89. The zero-order valence-corrected chi connectivity index (χ0v) is 13.5. The molecule has 2 aromatic rings. The fourth-order valence-corrected chi connectivity index (χ4v) is 3.32. The summed E-state index contributed by atoms with van der Waals surface area (Å²) in [4.78, 5) is 12.5. The predicted octanol–water partition coefficient (Wildman–Crippen LogP) is 3.99. The van der Waals surface area contributed by atoms with Gasteiger partial charge in [0, 0.05) is 24.6 Å². The largest absolute Gasteiger partial charge is 0.496 e. The number of hydrogen-bond donors (Lipinski definition) is 1. The van der Waals surface area contributed by atoms with Crippen LogP contribution in [0.3, 0.4) is 0 Å². The molecule has 24 heavy (non-hydrogen) atoms. The lowest BCUT2D eigenvalue weighted by molar-refractivity contribution is -0.0716. The molecule has 2 aliphatic rings. The number of nitrogens with one attached hydrogen (secondary N) is 1. The van der Waals surface area contributed by atoms with Gasteiger partial charge in [0.1, 0.15) is 5.75 Å². The third kappa shape index (κ3) is 2.56. The van der Waals surface area contributed by atoms with Gasteiger partial charge in [0.05, 0.1) is 12.7 Å². The van der Waals surface area contributed by atoms with Gasteiger partial charge in [0.25, 0.3) is 11.7 Å². The Balaban J connectivity index is 1.54. The highest BCUT2D eigenvalue weighted by Crippen LogP contribution is 2.47. The summed E-state index contributed by atoms with van der Waals surface area (Å²) < 4.78 is 17.2. The van der Waals surface area contributed by atoms with Gasteiger partial charge >= 0.3 is 0 Å². The van der Waals surface area contributed by atoms with E-state index in [1.54, 1.807) is 25.3 Å². The minimum Gasteiger partial charge on any atom is -0.496 e. The van der Waals surface area contributed by atoms with E-state index in [-0.39, 0.29) is 5.91 Å². The van der Waals surface area contributed by atoms with E-state index in [2.05, 4.69) is 5.32 Å².